The Bertz CT molecular complexity index is 555. The molecular weight excluding hydrogens is 306 g/mol. The Morgan fingerprint density at radius 1 is 1.50 bits per heavy atom. The summed E-state index contributed by atoms with van der Waals surface area (Å²) in [4.78, 5) is 0. The highest BCUT2D eigenvalue weighted by Crippen LogP contribution is 2.30. The van der Waals surface area contributed by atoms with Crippen molar-refractivity contribution in [3.05, 3.63) is 11.2 Å². The average molecular weight is 324 g/mol. The van der Waals surface area contributed by atoms with Crippen LogP contribution in [0.25, 0.3) is 0 Å². The van der Waals surface area contributed by atoms with Gasteiger partial charge < -0.3 is 9.47 Å². The van der Waals surface area contributed by atoms with Gasteiger partial charge in [0.1, 0.15) is 0 Å². The molecule has 0 aromatic carbocycles. The van der Waals surface area contributed by atoms with Gasteiger partial charge in [-0.3, -0.25) is 4.68 Å². The summed E-state index contributed by atoms with van der Waals surface area (Å²) >= 11 is 5.95. The predicted octanol–water partition coefficient (Wildman–Crippen LogP) is 0.498. The van der Waals surface area contributed by atoms with Gasteiger partial charge in [-0.05, 0) is 6.42 Å². The summed E-state index contributed by atoms with van der Waals surface area (Å²) in [5.74, 6) is 0. The van der Waals surface area contributed by atoms with Gasteiger partial charge in [0.15, 0.2) is 5.03 Å². The summed E-state index contributed by atoms with van der Waals surface area (Å²) < 4.78 is 38.5. The van der Waals surface area contributed by atoms with E-state index >= 15 is 0 Å². The number of methoxy groups -OCH3 is 2. The van der Waals surface area contributed by atoms with Crippen molar-refractivity contribution in [3.8, 4) is 0 Å². The fraction of sp³-hybridized carbons (Fsp3) is 0.727. The molecule has 114 valence electrons. The average Bonchev–Trinajstić information content (AvgIpc) is 2.94. The lowest BCUT2D eigenvalue weighted by atomic mass is 10.2. The number of nitrogens with zero attached hydrogens (tertiary/aromatic N) is 3. The minimum Gasteiger partial charge on any atom is -0.383 e. The second-order valence-corrected chi connectivity index (χ2v) is 6.91. The monoisotopic (exact) mass is 323 g/mol. The zero-order valence-corrected chi connectivity index (χ0v) is 13.2. The topological polar surface area (TPSA) is 73.7 Å². The SMILES string of the molecule is COC[C@@H]1C[C@@H](OC)CN1S(=O)(=O)c1c(Cl)cnn1C. The van der Waals surface area contributed by atoms with Crippen molar-refractivity contribution in [1.29, 1.82) is 0 Å². The lowest BCUT2D eigenvalue weighted by Crippen LogP contribution is -2.39. The smallest absolute Gasteiger partial charge is 0.262 e. The van der Waals surface area contributed by atoms with Crippen LogP contribution in [-0.2, 0) is 26.5 Å². The first-order valence-electron chi connectivity index (χ1n) is 6.13. The lowest BCUT2D eigenvalue weighted by Gasteiger charge is -2.23. The summed E-state index contributed by atoms with van der Waals surface area (Å²) in [6.45, 7) is 0.600. The van der Waals surface area contributed by atoms with Crippen molar-refractivity contribution in [2.45, 2.75) is 23.6 Å². The van der Waals surface area contributed by atoms with E-state index in [9.17, 15) is 8.42 Å². The van der Waals surface area contributed by atoms with Gasteiger partial charge in [0.05, 0.1) is 30.0 Å². The predicted molar refractivity (Wildman–Crippen MR) is 73.2 cm³/mol. The molecular formula is C11H18ClN3O4S. The van der Waals surface area contributed by atoms with Crippen LogP contribution in [0.2, 0.25) is 5.02 Å². The van der Waals surface area contributed by atoms with Crippen LogP contribution in [0.15, 0.2) is 11.2 Å². The van der Waals surface area contributed by atoms with Crippen molar-refractivity contribution in [2.24, 2.45) is 7.05 Å². The van der Waals surface area contributed by atoms with Gasteiger partial charge in [0.2, 0.25) is 0 Å². The van der Waals surface area contributed by atoms with Crippen molar-refractivity contribution in [3.63, 3.8) is 0 Å². The Balaban J connectivity index is 2.37. The standard InChI is InChI=1S/C11H18ClN3O4S/c1-14-11(10(12)5-13-14)20(16,17)15-6-9(19-3)4-8(15)7-18-2/h5,8-9H,4,6-7H2,1-3H3/t8-,9+/m0/s1. The Morgan fingerprint density at radius 2 is 2.20 bits per heavy atom. The maximum absolute atomic E-state index is 12.8. The number of hydrogen-bond acceptors (Lipinski definition) is 5. The number of aromatic nitrogens is 2. The molecule has 0 aliphatic carbocycles. The van der Waals surface area contributed by atoms with Crippen molar-refractivity contribution < 1.29 is 17.9 Å². The molecule has 0 saturated carbocycles. The van der Waals surface area contributed by atoms with Gasteiger partial charge >= 0.3 is 0 Å². The van der Waals surface area contributed by atoms with Crippen molar-refractivity contribution in [1.82, 2.24) is 14.1 Å². The second kappa shape index (κ2) is 5.98. The minimum absolute atomic E-state index is 0.00276. The van der Waals surface area contributed by atoms with E-state index in [0.29, 0.717) is 13.0 Å². The fourth-order valence-corrected chi connectivity index (χ4v) is 4.72. The first-order valence-corrected chi connectivity index (χ1v) is 7.94. The third-order valence-corrected chi connectivity index (χ3v) is 5.84. The highest BCUT2D eigenvalue weighted by atomic mass is 35.5. The van der Waals surface area contributed by atoms with E-state index < -0.39 is 10.0 Å². The van der Waals surface area contributed by atoms with Gasteiger partial charge in [-0.2, -0.15) is 9.40 Å². The molecule has 0 spiro atoms. The molecule has 1 aromatic rings. The largest absolute Gasteiger partial charge is 0.383 e. The van der Waals surface area contributed by atoms with E-state index in [4.69, 9.17) is 21.1 Å². The number of sulfonamides is 1. The molecule has 0 bridgehead atoms. The summed E-state index contributed by atoms with van der Waals surface area (Å²) in [7, 11) is 0.935. The van der Waals surface area contributed by atoms with Crippen LogP contribution in [-0.4, -0.2) is 62.0 Å². The highest BCUT2D eigenvalue weighted by Gasteiger charge is 2.42. The zero-order chi connectivity index (χ0) is 14.9. The van der Waals surface area contributed by atoms with Crippen molar-refractivity contribution >= 4 is 21.6 Å². The van der Waals surface area contributed by atoms with E-state index in [2.05, 4.69) is 5.10 Å². The van der Waals surface area contributed by atoms with Crippen LogP contribution in [0, 0.1) is 0 Å². The fourth-order valence-electron chi connectivity index (χ4n) is 2.45. The summed E-state index contributed by atoms with van der Waals surface area (Å²) in [5, 5.41) is 3.99. The molecule has 0 unspecified atom stereocenters. The van der Waals surface area contributed by atoms with Gasteiger partial charge in [0, 0.05) is 27.8 Å². The molecule has 1 aliphatic heterocycles. The van der Waals surface area contributed by atoms with Crippen LogP contribution < -0.4 is 0 Å². The van der Waals surface area contributed by atoms with E-state index in [1.807, 2.05) is 0 Å². The molecule has 0 amide bonds. The number of hydrogen-bond donors (Lipinski definition) is 0. The molecule has 2 heterocycles. The number of rotatable bonds is 5. The minimum atomic E-state index is -3.73. The van der Waals surface area contributed by atoms with Gasteiger partial charge in [0.25, 0.3) is 10.0 Å². The van der Waals surface area contributed by atoms with Crippen molar-refractivity contribution in [2.75, 3.05) is 27.4 Å². The maximum atomic E-state index is 12.8. The first-order chi connectivity index (χ1) is 9.41. The van der Waals surface area contributed by atoms with E-state index in [0.717, 1.165) is 0 Å². The molecule has 0 N–H and O–H groups in total. The molecule has 20 heavy (non-hydrogen) atoms. The molecule has 7 nitrogen and oxygen atoms in total. The zero-order valence-electron chi connectivity index (χ0n) is 11.6. The lowest BCUT2D eigenvalue weighted by molar-refractivity contribution is 0.110. The second-order valence-electron chi connectivity index (χ2n) is 4.70. The van der Waals surface area contributed by atoms with Crippen LogP contribution in [0.5, 0.6) is 0 Å². The number of ether oxygens (including phenoxy) is 2. The summed E-state index contributed by atoms with van der Waals surface area (Å²) in [6.07, 6.45) is 1.78. The summed E-state index contributed by atoms with van der Waals surface area (Å²) in [5.41, 5.74) is 0. The third-order valence-electron chi connectivity index (χ3n) is 3.41. The van der Waals surface area contributed by atoms with Gasteiger partial charge in [-0.25, -0.2) is 8.42 Å². The first kappa shape index (κ1) is 15.7. The van der Waals surface area contributed by atoms with Crippen LogP contribution in [0.1, 0.15) is 6.42 Å². The molecule has 1 saturated heterocycles. The molecule has 2 atom stereocenters. The van der Waals surface area contributed by atoms with Crippen LogP contribution in [0.4, 0.5) is 0 Å². The molecule has 1 aromatic heterocycles. The quantitative estimate of drug-likeness (QED) is 0.789. The van der Waals surface area contributed by atoms with Gasteiger partial charge in [-0.15, -0.1) is 0 Å². The number of halogens is 1. The Kier molecular flexibility index (Phi) is 4.70. The van der Waals surface area contributed by atoms with Crippen LogP contribution in [0.3, 0.4) is 0 Å². The Morgan fingerprint density at radius 3 is 2.70 bits per heavy atom. The van der Waals surface area contributed by atoms with Gasteiger partial charge in [-0.1, -0.05) is 11.6 Å². The Labute approximate surface area is 123 Å². The third kappa shape index (κ3) is 2.71. The highest BCUT2D eigenvalue weighted by molar-refractivity contribution is 7.89. The molecule has 9 heteroatoms. The Hall–Kier alpha value is -0.670. The molecule has 1 fully saturated rings. The van der Waals surface area contributed by atoms with Crippen LogP contribution >= 0.6 is 11.6 Å². The van der Waals surface area contributed by atoms with E-state index in [1.54, 1.807) is 21.3 Å². The number of aryl methyl sites for hydroxylation is 1. The summed E-state index contributed by atoms with van der Waals surface area (Å²) in [6, 6.07) is -0.263. The maximum Gasteiger partial charge on any atom is 0.262 e. The van der Waals surface area contributed by atoms with E-state index in [1.165, 1.54) is 15.2 Å². The molecule has 1 aliphatic rings. The van der Waals surface area contributed by atoms with E-state index in [-0.39, 0.29) is 28.7 Å². The molecule has 2 rings (SSSR count). The molecule has 0 radical (unpaired) electrons. The normalized spacial score (nSPS) is 24.4.